The van der Waals surface area contributed by atoms with Crippen molar-refractivity contribution in [3.05, 3.63) is 15.6 Å². The maximum Gasteiger partial charge on any atom is 0.0955 e. The lowest BCUT2D eigenvalue weighted by Crippen LogP contribution is -1.95. The van der Waals surface area contributed by atoms with Gasteiger partial charge in [0.15, 0.2) is 0 Å². The third kappa shape index (κ3) is 3.31. The van der Waals surface area contributed by atoms with Crippen molar-refractivity contribution in [2.45, 2.75) is 18.4 Å². The van der Waals surface area contributed by atoms with E-state index in [-0.39, 0.29) is 0 Å². The molecule has 0 N–H and O–H groups in total. The van der Waals surface area contributed by atoms with E-state index in [1.807, 2.05) is 0 Å². The van der Waals surface area contributed by atoms with Crippen molar-refractivity contribution in [1.82, 2.24) is 4.98 Å². The molecule has 0 aliphatic heterocycles. The van der Waals surface area contributed by atoms with Crippen LogP contribution in [0.1, 0.15) is 15.6 Å². The molecular formula is C9H14BrNO2S. The second-order valence-corrected chi connectivity index (χ2v) is 4.52. The first kappa shape index (κ1) is 12.1. The predicted octanol–water partition coefficient (Wildman–Crippen LogP) is 2.37. The van der Waals surface area contributed by atoms with Gasteiger partial charge in [0.25, 0.3) is 0 Å². The number of methoxy groups -OCH3 is 2. The lowest BCUT2D eigenvalue weighted by atomic mass is 10.4. The molecule has 0 aliphatic carbocycles. The summed E-state index contributed by atoms with van der Waals surface area (Å²) in [6.45, 7) is 1.31. The summed E-state index contributed by atoms with van der Waals surface area (Å²) in [6.07, 6.45) is 0.880. The van der Waals surface area contributed by atoms with E-state index in [1.54, 1.807) is 25.6 Å². The minimum absolute atomic E-state index is 0.588. The van der Waals surface area contributed by atoms with Crippen molar-refractivity contribution >= 4 is 27.3 Å². The lowest BCUT2D eigenvalue weighted by Gasteiger charge is -1.95. The molecule has 1 rings (SSSR count). The fourth-order valence-electron chi connectivity index (χ4n) is 1.09. The molecule has 0 unspecified atom stereocenters. The van der Waals surface area contributed by atoms with E-state index in [0.717, 1.165) is 29.1 Å². The van der Waals surface area contributed by atoms with E-state index >= 15 is 0 Å². The molecule has 0 aromatic carbocycles. The summed E-state index contributed by atoms with van der Waals surface area (Å²) < 4.78 is 10.1. The summed E-state index contributed by atoms with van der Waals surface area (Å²) in [5.41, 5.74) is 1.04. The number of hydrogen-bond acceptors (Lipinski definition) is 4. The molecule has 1 aromatic heterocycles. The zero-order chi connectivity index (χ0) is 10.4. The molecule has 0 amide bonds. The smallest absolute Gasteiger partial charge is 0.0955 e. The van der Waals surface area contributed by atoms with Gasteiger partial charge in [0.05, 0.1) is 23.9 Å². The average molecular weight is 280 g/mol. The molecule has 1 heterocycles. The van der Waals surface area contributed by atoms with E-state index in [9.17, 15) is 0 Å². The van der Waals surface area contributed by atoms with Crippen LogP contribution in [0.5, 0.6) is 0 Å². The standard InChI is InChI=1S/C9H14BrNO2S/c1-12-4-3-9-11-7(6-13-2)8(5-10)14-9/h3-6H2,1-2H3. The number of aromatic nitrogens is 1. The Morgan fingerprint density at radius 3 is 2.71 bits per heavy atom. The monoisotopic (exact) mass is 279 g/mol. The maximum absolute atomic E-state index is 5.08. The zero-order valence-electron chi connectivity index (χ0n) is 8.38. The molecule has 5 heteroatoms. The molecule has 0 bridgehead atoms. The highest BCUT2D eigenvalue weighted by atomic mass is 79.9. The fraction of sp³-hybridized carbons (Fsp3) is 0.667. The Kier molecular flexibility index (Phi) is 5.62. The topological polar surface area (TPSA) is 31.4 Å². The van der Waals surface area contributed by atoms with Gasteiger partial charge in [-0.1, -0.05) is 15.9 Å². The van der Waals surface area contributed by atoms with E-state index in [1.165, 1.54) is 4.88 Å². The normalized spacial score (nSPS) is 10.8. The van der Waals surface area contributed by atoms with Gasteiger partial charge in [-0.15, -0.1) is 11.3 Å². The Labute approximate surface area is 96.6 Å². The van der Waals surface area contributed by atoms with Gasteiger partial charge in [-0.25, -0.2) is 4.98 Å². The molecule has 0 saturated heterocycles. The van der Waals surface area contributed by atoms with Crippen LogP contribution in [0.25, 0.3) is 0 Å². The van der Waals surface area contributed by atoms with Crippen molar-refractivity contribution in [1.29, 1.82) is 0 Å². The molecule has 14 heavy (non-hydrogen) atoms. The Hall–Kier alpha value is 0.0300. The van der Waals surface area contributed by atoms with Crippen LogP contribution in [0.4, 0.5) is 0 Å². The van der Waals surface area contributed by atoms with Crippen LogP contribution in [0.15, 0.2) is 0 Å². The quantitative estimate of drug-likeness (QED) is 0.750. The average Bonchev–Trinajstić information content (AvgIpc) is 2.58. The van der Waals surface area contributed by atoms with Crippen molar-refractivity contribution < 1.29 is 9.47 Å². The number of thiazole rings is 1. The number of halogens is 1. The van der Waals surface area contributed by atoms with E-state index in [2.05, 4.69) is 20.9 Å². The van der Waals surface area contributed by atoms with E-state index < -0.39 is 0 Å². The van der Waals surface area contributed by atoms with Crippen LogP contribution in [-0.4, -0.2) is 25.8 Å². The highest BCUT2D eigenvalue weighted by molar-refractivity contribution is 9.08. The minimum atomic E-state index is 0.588. The van der Waals surface area contributed by atoms with Crippen molar-refractivity contribution in [3.8, 4) is 0 Å². The molecule has 0 fully saturated rings. The van der Waals surface area contributed by atoms with Crippen LogP contribution in [0.3, 0.4) is 0 Å². The van der Waals surface area contributed by atoms with E-state index in [0.29, 0.717) is 6.61 Å². The van der Waals surface area contributed by atoms with Gasteiger partial charge < -0.3 is 9.47 Å². The van der Waals surface area contributed by atoms with Crippen molar-refractivity contribution in [2.24, 2.45) is 0 Å². The van der Waals surface area contributed by atoms with Gasteiger partial charge in [0, 0.05) is 30.8 Å². The molecule has 0 radical (unpaired) electrons. The Morgan fingerprint density at radius 1 is 1.36 bits per heavy atom. The van der Waals surface area contributed by atoms with Gasteiger partial charge in [0.2, 0.25) is 0 Å². The second-order valence-electron chi connectivity index (χ2n) is 2.79. The first-order valence-corrected chi connectivity index (χ1v) is 6.27. The molecule has 3 nitrogen and oxygen atoms in total. The maximum atomic E-state index is 5.08. The third-order valence-corrected chi connectivity index (χ3v) is 3.83. The summed E-state index contributed by atoms with van der Waals surface area (Å²) in [7, 11) is 3.39. The number of rotatable bonds is 6. The van der Waals surface area contributed by atoms with Crippen LogP contribution < -0.4 is 0 Å². The lowest BCUT2D eigenvalue weighted by molar-refractivity contribution is 0.181. The molecule has 80 valence electrons. The first-order valence-electron chi connectivity index (χ1n) is 4.33. The molecule has 0 atom stereocenters. The van der Waals surface area contributed by atoms with Crippen molar-refractivity contribution in [2.75, 3.05) is 20.8 Å². The van der Waals surface area contributed by atoms with Crippen LogP contribution in [0.2, 0.25) is 0 Å². The Morgan fingerprint density at radius 2 is 2.14 bits per heavy atom. The van der Waals surface area contributed by atoms with Crippen molar-refractivity contribution in [3.63, 3.8) is 0 Å². The molecule has 0 aliphatic rings. The predicted molar refractivity (Wildman–Crippen MR) is 61.0 cm³/mol. The number of nitrogens with zero attached hydrogens (tertiary/aromatic N) is 1. The minimum Gasteiger partial charge on any atom is -0.384 e. The van der Waals surface area contributed by atoms with Gasteiger partial charge in [-0.3, -0.25) is 0 Å². The summed E-state index contributed by atoms with van der Waals surface area (Å²) in [5.74, 6) is 0. The zero-order valence-corrected chi connectivity index (χ0v) is 10.8. The molecular weight excluding hydrogens is 266 g/mol. The Bertz CT molecular complexity index is 278. The molecule has 1 aromatic rings. The third-order valence-electron chi connectivity index (χ3n) is 1.75. The fourth-order valence-corrected chi connectivity index (χ4v) is 2.66. The largest absolute Gasteiger partial charge is 0.384 e. The summed E-state index contributed by atoms with van der Waals surface area (Å²) in [6, 6.07) is 0. The highest BCUT2D eigenvalue weighted by Crippen LogP contribution is 2.22. The number of ether oxygens (including phenoxy) is 2. The highest BCUT2D eigenvalue weighted by Gasteiger charge is 2.09. The van der Waals surface area contributed by atoms with Crippen LogP contribution in [0, 0.1) is 0 Å². The SMILES string of the molecule is COCCc1nc(COC)c(CBr)s1. The van der Waals surface area contributed by atoms with Gasteiger partial charge in [-0.2, -0.15) is 0 Å². The number of hydrogen-bond donors (Lipinski definition) is 0. The molecule has 0 spiro atoms. The van der Waals surface area contributed by atoms with Crippen LogP contribution in [-0.2, 0) is 27.8 Å². The van der Waals surface area contributed by atoms with Crippen LogP contribution >= 0.6 is 27.3 Å². The van der Waals surface area contributed by atoms with Gasteiger partial charge >= 0.3 is 0 Å². The summed E-state index contributed by atoms with van der Waals surface area (Å²) >= 11 is 5.16. The van der Waals surface area contributed by atoms with Gasteiger partial charge in [0.1, 0.15) is 0 Å². The Balaban J connectivity index is 2.67. The van der Waals surface area contributed by atoms with E-state index in [4.69, 9.17) is 9.47 Å². The van der Waals surface area contributed by atoms with Gasteiger partial charge in [-0.05, 0) is 0 Å². The molecule has 0 saturated carbocycles. The first-order chi connectivity index (χ1) is 6.81. The number of alkyl halides is 1. The summed E-state index contributed by atoms with van der Waals surface area (Å²) in [5, 5.41) is 1.96. The summed E-state index contributed by atoms with van der Waals surface area (Å²) in [4.78, 5) is 5.74. The second kappa shape index (κ2) is 6.50.